The highest BCUT2D eigenvalue weighted by Gasteiger charge is 2.38. The molecule has 0 radical (unpaired) electrons. The quantitative estimate of drug-likeness (QED) is 0.358. The zero-order valence-corrected chi connectivity index (χ0v) is 19.4. The van der Waals surface area contributed by atoms with Crippen molar-refractivity contribution in [3.8, 4) is 17.2 Å². The minimum absolute atomic E-state index is 0.0314. The van der Waals surface area contributed by atoms with E-state index in [4.69, 9.17) is 14.6 Å². The lowest BCUT2D eigenvalue weighted by atomic mass is 9.85. The van der Waals surface area contributed by atoms with Gasteiger partial charge in [-0.15, -0.1) is 0 Å². The lowest BCUT2D eigenvalue weighted by Crippen LogP contribution is -2.44. The molecule has 178 valence electrons. The number of carbonyl (C=O) groups excluding carboxylic acids is 1. The minimum atomic E-state index is -0.611. The highest BCUT2D eigenvalue weighted by molar-refractivity contribution is 5.99. The summed E-state index contributed by atoms with van der Waals surface area (Å²) >= 11 is 0. The number of benzene rings is 3. The summed E-state index contributed by atoms with van der Waals surface area (Å²) in [5.41, 5.74) is 2.54. The normalized spacial score (nSPS) is 14.1. The fraction of sp³-hybridized carbons (Fsp3) is 0.185. The Morgan fingerprint density at radius 3 is 2.40 bits per heavy atom. The van der Waals surface area contributed by atoms with Crippen molar-refractivity contribution in [1.29, 1.82) is 0 Å². The topological polar surface area (TPSA) is 77.4 Å². The first-order chi connectivity index (χ1) is 16.9. The van der Waals surface area contributed by atoms with Crippen LogP contribution in [-0.4, -0.2) is 29.0 Å². The first kappa shape index (κ1) is 22.6. The molecule has 2 heterocycles. The van der Waals surface area contributed by atoms with Gasteiger partial charge in [0.05, 0.1) is 35.7 Å². The van der Waals surface area contributed by atoms with Crippen LogP contribution < -0.4 is 15.4 Å². The van der Waals surface area contributed by atoms with Gasteiger partial charge in [-0.25, -0.2) is 13.9 Å². The number of para-hydroxylation sites is 1. The lowest BCUT2D eigenvalue weighted by Gasteiger charge is -2.36. The molecular weight excluding hydrogens is 447 g/mol. The molecule has 2 amide bonds. The molecule has 2 N–H and O–H groups in total. The molecule has 0 spiro atoms. The Kier molecular flexibility index (Phi) is 5.96. The van der Waals surface area contributed by atoms with Crippen LogP contribution >= 0.6 is 0 Å². The van der Waals surface area contributed by atoms with Crippen LogP contribution in [0.4, 0.5) is 20.7 Å². The molecule has 0 aliphatic carbocycles. The Balaban J connectivity index is 1.34. The van der Waals surface area contributed by atoms with Crippen molar-refractivity contribution >= 4 is 17.5 Å². The first-order valence-corrected chi connectivity index (χ1v) is 11.3. The van der Waals surface area contributed by atoms with Crippen LogP contribution in [0.3, 0.4) is 0 Å². The number of amides is 2. The molecule has 1 aromatic heterocycles. The van der Waals surface area contributed by atoms with Crippen molar-refractivity contribution in [2.45, 2.75) is 19.3 Å². The maximum absolute atomic E-state index is 14.7. The molecule has 1 saturated heterocycles. The van der Waals surface area contributed by atoms with E-state index in [0.717, 1.165) is 16.9 Å². The van der Waals surface area contributed by atoms with Crippen LogP contribution in [0.2, 0.25) is 0 Å². The van der Waals surface area contributed by atoms with Crippen LogP contribution in [0.25, 0.3) is 5.69 Å². The predicted molar refractivity (Wildman–Crippen MR) is 132 cm³/mol. The monoisotopic (exact) mass is 472 g/mol. The second-order valence-corrected chi connectivity index (χ2v) is 8.85. The summed E-state index contributed by atoms with van der Waals surface area (Å²) in [4.78, 5) is 12.8. The fourth-order valence-corrected chi connectivity index (χ4v) is 3.76. The summed E-state index contributed by atoms with van der Waals surface area (Å²) in [6, 6.07) is 22.4. The van der Waals surface area contributed by atoms with E-state index >= 15 is 0 Å². The third-order valence-electron chi connectivity index (χ3n) is 5.86. The minimum Gasteiger partial charge on any atom is -0.457 e. The molecule has 1 aliphatic heterocycles. The van der Waals surface area contributed by atoms with E-state index in [1.165, 1.54) is 12.1 Å². The summed E-state index contributed by atoms with van der Waals surface area (Å²) in [7, 11) is 0. The molecular formula is C27H25FN4O3. The van der Waals surface area contributed by atoms with Gasteiger partial charge in [0.25, 0.3) is 0 Å². The molecule has 1 aliphatic rings. The van der Waals surface area contributed by atoms with Crippen molar-refractivity contribution < 1.29 is 18.7 Å². The number of hydrogen-bond donors (Lipinski definition) is 2. The van der Waals surface area contributed by atoms with E-state index in [1.54, 1.807) is 22.9 Å². The molecule has 0 bridgehead atoms. The van der Waals surface area contributed by atoms with E-state index < -0.39 is 11.8 Å². The number of hydrogen-bond acceptors (Lipinski definition) is 4. The third-order valence-corrected chi connectivity index (χ3v) is 5.86. The average molecular weight is 473 g/mol. The van der Waals surface area contributed by atoms with Crippen molar-refractivity contribution in [2.75, 3.05) is 23.8 Å². The van der Waals surface area contributed by atoms with E-state index in [9.17, 15) is 9.18 Å². The summed E-state index contributed by atoms with van der Waals surface area (Å²) in [6.07, 6.45) is 0. The summed E-state index contributed by atoms with van der Waals surface area (Å²) in [6.45, 7) is 5.19. The Morgan fingerprint density at radius 2 is 1.74 bits per heavy atom. The molecule has 3 aromatic carbocycles. The predicted octanol–water partition coefficient (Wildman–Crippen LogP) is 6.04. The van der Waals surface area contributed by atoms with Crippen molar-refractivity contribution in [3.05, 3.63) is 95.9 Å². The number of nitrogens with zero attached hydrogens (tertiary/aromatic N) is 2. The van der Waals surface area contributed by atoms with Crippen LogP contribution in [0.15, 0.2) is 78.9 Å². The highest BCUT2D eigenvalue weighted by atomic mass is 19.1. The van der Waals surface area contributed by atoms with Crippen molar-refractivity contribution in [2.24, 2.45) is 0 Å². The number of nitrogens with one attached hydrogen (secondary N) is 2. The second-order valence-electron chi connectivity index (χ2n) is 8.85. The number of aryl methyl sites for hydroxylation is 1. The van der Waals surface area contributed by atoms with Crippen LogP contribution in [-0.2, 0) is 10.2 Å². The van der Waals surface area contributed by atoms with E-state index in [-0.39, 0.29) is 11.1 Å². The largest absolute Gasteiger partial charge is 0.457 e. The molecule has 7 nitrogen and oxygen atoms in total. The second kappa shape index (κ2) is 9.23. The van der Waals surface area contributed by atoms with E-state index in [1.807, 2.05) is 55.5 Å². The molecule has 5 rings (SSSR count). The van der Waals surface area contributed by atoms with Gasteiger partial charge < -0.3 is 14.8 Å². The van der Waals surface area contributed by atoms with Gasteiger partial charge in [-0.1, -0.05) is 35.9 Å². The van der Waals surface area contributed by atoms with Crippen molar-refractivity contribution in [3.63, 3.8) is 0 Å². The maximum atomic E-state index is 14.7. The van der Waals surface area contributed by atoms with Gasteiger partial charge in [0.1, 0.15) is 23.1 Å². The number of carbonyl (C=O) groups is 1. The van der Waals surface area contributed by atoms with E-state index in [0.29, 0.717) is 30.5 Å². The Labute approximate surface area is 202 Å². The molecule has 0 saturated carbocycles. The number of halogens is 1. The van der Waals surface area contributed by atoms with E-state index in [2.05, 4.69) is 17.6 Å². The zero-order chi connectivity index (χ0) is 24.4. The van der Waals surface area contributed by atoms with Gasteiger partial charge in [0.2, 0.25) is 0 Å². The smallest absolute Gasteiger partial charge is 0.324 e. The number of aromatic nitrogens is 2. The zero-order valence-electron chi connectivity index (χ0n) is 19.4. The van der Waals surface area contributed by atoms with Gasteiger partial charge in [0, 0.05) is 12.1 Å². The summed E-state index contributed by atoms with van der Waals surface area (Å²) < 4.78 is 27.4. The standard InChI is InChI=1S/C27H25FN4O3/c1-18-8-10-19(11-9-18)32-25(15-24(31-32)27(2)16-34-17-27)30-26(33)29-23-13-12-21(14-22(23)28)35-20-6-4-3-5-7-20/h3-15H,16-17H2,1-2H3,(H2,29,30,33). The Morgan fingerprint density at radius 1 is 1.00 bits per heavy atom. The molecule has 35 heavy (non-hydrogen) atoms. The van der Waals surface area contributed by atoms with Gasteiger partial charge in [0.15, 0.2) is 0 Å². The Bertz CT molecular complexity index is 1350. The van der Waals surface area contributed by atoms with Crippen LogP contribution in [0.1, 0.15) is 18.2 Å². The SMILES string of the molecule is Cc1ccc(-n2nc(C3(C)COC3)cc2NC(=O)Nc2ccc(Oc3ccccc3)cc2F)cc1. The van der Waals surface area contributed by atoms with Crippen LogP contribution in [0.5, 0.6) is 11.5 Å². The highest BCUT2D eigenvalue weighted by Crippen LogP contribution is 2.33. The summed E-state index contributed by atoms with van der Waals surface area (Å²) in [5.74, 6) is 0.785. The lowest BCUT2D eigenvalue weighted by molar-refractivity contribution is -0.0522. The molecule has 0 unspecified atom stereocenters. The Hall–Kier alpha value is -4.17. The number of ether oxygens (including phenoxy) is 2. The third kappa shape index (κ3) is 4.88. The molecule has 1 fully saturated rings. The van der Waals surface area contributed by atoms with Gasteiger partial charge in [-0.05, 0) is 50.2 Å². The summed E-state index contributed by atoms with van der Waals surface area (Å²) in [5, 5.41) is 10.1. The van der Waals surface area contributed by atoms with Gasteiger partial charge >= 0.3 is 6.03 Å². The number of urea groups is 1. The fourth-order valence-electron chi connectivity index (χ4n) is 3.76. The van der Waals surface area contributed by atoms with Gasteiger partial charge in [-0.3, -0.25) is 5.32 Å². The maximum Gasteiger partial charge on any atom is 0.324 e. The van der Waals surface area contributed by atoms with Crippen LogP contribution in [0, 0.1) is 12.7 Å². The molecule has 0 atom stereocenters. The van der Waals surface area contributed by atoms with Crippen molar-refractivity contribution in [1.82, 2.24) is 9.78 Å². The number of rotatable bonds is 6. The average Bonchev–Trinajstić information content (AvgIpc) is 3.24. The van der Waals surface area contributed by atoms with Gasteiger partial charge in [-0.2, -0.15) is 5.10 Å². The first-order valence-electron chi connectivity index (χ1n) is 11.3. The molecule has 4 aromatic rings. The molecule has 8 heteroatoms. The number of anilines is 2.